The molecular formula is C12H15BrFNO. The molecule has 0 aliphatic rings. The molecule has 1 aromatic carbocycles. The molecular weight excluding hydrogens is 273 g/mol. The van der Waals surface area contributed by atoms with Crippen molar-refractivity contribution in [1.82, 2.24) is 0 Å². The second kappa shape index (κ2) is 5.55. The lowest BCUT2D eigenvalue weighted by atomic mass is 9.94. The number of rotatable bonds is 4. The Morgan fingerprint density at radius 2 is 2.12 bits per heavy atom. The maximum atomic E-state index is 13.0. The third-order valence-corrected chi connectivity index (χ3v) is 3.44. The molecule has 2 unspecified atom stereocenters. The first-order chi connectivity index (χ1) is 7.41. The van der Waals surface area contributed by atoms with Gasteiger partial charge in [-0.05, 0) is 30.7 Å². The van der Waals surface area contributed by atoms with Crippen LogP contribution < -0.4 is 5.73 Å². The van der Waals surface area contributed by atoms with Gasteiger partial charge in [-0.25, -0.2) is 4.39 Å². The predicted octanol–water partition coefficient (Wildman–Crippen LogP) is 2.68. The maximum absolute atomic E-state index is 13.0. The minimum Gasteiger partial charge on any atom is -0.327 e. The monoisotopic (exact) mass is 287 g/mol. The van der Waals surface area contributed by atoms with Gasteiger partial charge in [-0.15, -0.1) is 0 Å². The molecule has 2 nitrogen and oxygen atoms in total. The number of hydrogen-bond donors (Lipinski definition) is 1. The number of carbonyl (C=O) groups is 1. The number of hydrogen-bond acceptors (Lipinski definition) is 2. The largest absolute Gasteiger partial charge is 0.327 e. The Bertz CT molecular complexity index is 393. The van der Waals surface area contributed by atoms with Crippen LogP contribution in [0.4, 0.5) is 4.39 Å². The summed E-state index contributed by atoms with van der Waals surface area (Å²) < 4.78 is 13.7. The van der Waals surface area contributed by atoms with Gasteiger partial charge in [0.15, 0.2) is 0 Å². The second-order valence-corrected chi connectivity index (χ2v) is 4.88. The summed E-state index contributed by atoms with van der Waals surface area (Å²) in [5, 5.41) is 0. The molecule has 1 rings (SSSR count). The normalized spacial score (nSPS) is 14.6. The van der Waals surface area contributed by atoms with E-state index in [1.54, 1.807) is 19.9 Å². The zero-order chi connectivity index (χ0) is 12.3. The van der Waals surface area contributed by atoms with E-state index in [0.29, 0.717) is 5.56 Å². The molecule has 0 radical (unpaired) electrons. The van der Waals surface area contributed by atoms with Crippen LogP contribution in [-0.2, 0) is 11.2 Å². The standard InChI is InChI=1S/C12H15BrFNO/c1-7(8(2)15)12(16)6-9-5-10(14)3-4-11(9)13/h3-5,7-8H,6,15H2,1-2H3. The van der Waals surface area contributed by atoms with E-state index in [1.165, 1.54) is 12.1 Å². The van der Waals surface area contributed by atoms with Crippen LogP contribution in [0.3, 0.4) is 0 Å². The number of benzene rings is 1. The fourth-order valence-corrected chi connectivity index (χ4v) is 1.71. The molecule has 0 spiro atoms. The number of Topliss-reactive ketones (excluding diaryl/α,β-unsaturated/α-hetero) is 1. The molecule has 88 valence electrons. The average Bonchev–Trinajstić information content (AvgIpc) is 2.22. The Morgan fingerprint density at radius 1 is 1.50 bits per heavy atom. The summed E-state index contributed by atoms with van der Waals surface area (Å²) >= 11 is 3.29. The first-order valence-corrected chi connectivity index (χ1v) is 5.93. The van der Waals surface area contributed by atoms with Crippen molar-refractivity contribution < 1.29 is 9.18 Å². The van der Waals surface area contributed by atoms with Crippen LogP contribution in [0.5, 0.6) is 0 Å². The molecule has 1 aromatic rings. The minimum atomic E-state index is -0.334. The Kier molecular flexibility index (Phi) is 4.62. The highest BCUT2D eigenvalue weighted by molar-refractivity contribution is 9.10. The van der Waals surface area contributed by atoms with Crippen LogP contribution >= 0.6 is 15.9 Å². The summed E-state index contributed by atoms with van der Waals surface area (Å²) in [6, 6.07) is 4.15. The maximum Gasteiger partial charge on any atom is 0.141 e. The van der Waals surface area contributed by atoms with Gasteiger partial charge in [0, 0.05) is 22.9 Å². The fraction of sp³-hybridized carbons (Fsp3) is 0.417. The molecule has 0 bridgehead atoms. The molecule has 0 amide bonds. The van der Waals surface area contributed by atoms with Crippen LogP contribution in [0.1, 0.15) is 19.4 Å². The highest BCUT2D eigenvalue weighted by atomic mass is 79.9. The summed E-state index contributed by atoms with van der Waals surface area (Å²) in [6.45, 7) is 3.59. The van der Waals surface area contributed by atoms with Crippen molar-refractivity contribution in [2.75, 3.05) is 0 Å². The molecule has 0 aliphatic heterocycles. The lowest BCUT2D eigenvalue weighted by Crippen LogP contribution is -2.31. The SMILES string of the molecule is CC(N)C(C)C(=O)Cc1cc(F)ccc1Br. The molecule has 16 heavy (non-hydrogen) atoms. The molecule has 4 heteroatoms. The Hall–Kier alpha value is -0.740. The number of nitrogens with two attached hydrogens (primary N) is 1. The molecule has 0 fully saturated rings. The van der Waals surface area contributed by atoms with Crippen molar-refractivity contribution in [3.63, 3.8) is 0 Å². The van der Waals surface area contributed by atoms with Crippen molar-refractivity contribution in [3.8, 4) is 0 Å². The van der Waals surface area contributed by atoms with Crippen LogP contribution in [0.25, 0.3) is 0 Å². The lowest BCUT2D eigenvalue weighted by Gasteiger charge is -2.14. The summed E-state index contributed by atoms with van der Waals surface area (Å²) in [7, 11) is 0. The Labute approximate surface area is 103 Å². The summed E-state index contributed by atoms with van der Waals surface area (Å²) in [4.78, 5) is 11.8. The third kappa shape index (κ3) is 3.39. The quantitative estimate of drug-likeness (QED) is 0.925. The highest BCUT2D eigenvalue weighted by Gasteiger charge is 2.18. The zero-order valence-corrected chi connectivity index (χ0v) is 10.9. The van der Waals surface area contributed by atoms with E-state index < -0.39 is 0 Å². The van der Waals surface area contributed by atoms with Gasteiger partial charge >= 0.3 is 0 Å². The van der Waals surface area contributed by atoms with Crippen molar-refractivity contribution in [2.24, 2.45) is 11.7 Å². The Balaban J connectivity index is 2.80. The summed E-state index contributed by atoms with van der Waals surface area (Å²) in [6.07, 6.45) is 0.209. The van der Waals surface area contributed by atoms with E-state index in [-0.39, 0.29) is 30.0 Å². The predicted molar refractivity (Wildman–Crippen MR) is 65.6 cm³/mol. The van der Waals surface area contributed by atoms with Crippen molar-refractivity contribution >= 4 is 21.7 Å². The van der Waals surface area contributed by atoms with Crippen LogP contribution in [0.15, 0.2) is 22.7 Å². The topological polar surface area (TPSA) is 43.1 Å². The van der Waals surface area contributed by atoms with Gasteiger partial charge in [0.25, 0.3) is 0 Å². The molecule has 2 atom stereocenters. The Morgan fingerprint density at radius 3 is 2.69 bits per heavy atom. The summed E-state index contributed by atoms with van der Waals surface area (Å²) in [5.41, 5.74) is 6.32. The number of ketones is 1. The van der Waals surface area contributed by atoms with E-state index in [9.17, 15) is 9.18 Å². The zero-order valence-electron chi connectivity index (χ0n) is 9.34. The molecule has 0 saturated heterocycles. The van der Waals surface area contributed by atoms with Gasteiger partial charge < -0.3 is 5.73 Å². The number of halogens is 2. The van der Waals surface area contributed by atoms with Gasteiger partial charge in [0.2, 0.25) is 0 Å². The first-order valence-electron chi connectivity index (χ1n) is 5.14. The first kappa shape index (κ1) is 13.3. The van der Waals surface area contributed by atoms with Gasteiger partial charge in [-0.2, -0.15) is 0 Å². The van der Waals surface area contributed by atoms with Gasteiger partial charge in [-0.3, -0.25) is 4.79 Å². The number of carbonyl (C=O) groups excluding carboxylic acids is 1. The molecule has 0 heterocycles. The van der Waals surface area contributed by atoms with Crippen molar-refractivity contribution in [1.29, 1.82) is 0 Å². The second-order valence-electron chi connectivity index (χ2n) is 4.03. The van der Waals surface area contributed by atoms with Crippen LogP contribution in [0.2, 0.25) is 0 Å². The molecule has 2 N–H and O–H groups in total. The fourth-order valence-electron chi connectivity index (χ4n) is 1.32. The highest BCUT2D eigenvalue weighted by Crippen LogP contribution is 2.20. The van der Waals surface area contributed by atoms with Crippen LogP contribution in [-0.4, -0.2) is 11.8 Å². The smallest absolute Gasteiger partial charge is 0.141 e. The van der Waals surface area contributed by atoms with Crippen LogP contribution in [0, 0.1) is 11.7 Å². The molecule has 0 saturated carbocycles. The molecule has 0 aromatic heterocycles. The van der Waals surface area contributed by atoms with Gasteiger partial charge in [-0.1, -0.05) is 22.9 Å². The van der Waals surface area contributed by atoms with E-state index in [4.69, 9.17) is 5.73 Å². The summed E-state index contributed by atoms with van der Waals surface area (Å²) in [5.74, 6) is -0.518. The third-order valence-electron chi connectivity index (χ3n) is 2.67. The lowest BCUT2D eigenvalue weighted by molar-refractivity contribution is -0.122. The van der Waals surface area contributed by atoms with Gasteiger partial charge in [0.05, 0.1) is 0 Å². The van der Waals surface area contributed by atoms with E-state index in [1.807, 2.05) is 0 Å². The minimum absolute atomic E-state index is 0.0290. The average molecular weight is 288 g/mol. The van der Waals surface area contributed by atoms with Crippen molar-refractivity contribution in [2.45, 2.75) is 26.3 Å². The molecule has 0 aliphatic carbocycles. The van der Waals surface area contributed by atoms with E-state index in [0.717, 1.165) is 4.47 Å². The van der Waals surface area contributed by atoms with E-state index >= 15 is 0 Å². The van der Waals surface area contributed by atoms with Gasteiger partial charge in [0.1, 0.15) is 11.6 Å². The van der Waals surface area contributed by atoms with E-state index in [2.05, 4.69) is 15.9 Å². The van der Waals surface area contributed by atoms with Crippen molar-refractivity contribution in [3.05, 3.63) is 34.1 Å².